The van der Waals surface area contributed by atoms with Gasteiger partial charge in [-0.1, -0.05) is 37.4 Å². The Morgan fingerprint density at radius 1 is 1.40 bits per heavy atom. The molecule has 1 aromatic carbocycles. The molecule has 0 aliphatic rings. The highest BCUT2D eigenvalue weighted by molar-refractivity contribution is 6.30. The number of nitrogens with zero attached hydrogens (tertiary/aromatic N) is 1. The van der Waals surface area contributed by atoms with E-state index >= 15 is 0 Å². The van der Waals surface area contributed by atoms with Crippen LogP contribution in [0.15, 0.2) is 24.3 Å². The molecule has 112 valence electrons. The van der Waals surface area contributed by atoms with Crippen molar-refractivity contribution < 1.29 is 9.53 Å². The normalized spacial score (nSPS) is 10.2. The summed E-state index contributed by atoms with van der Waals surface area (Å²) in [5.41, 5.74) is 0. The van der Waals surface area contributed by atoms with Crippen molar-refractivity contribution in [2.75, 3.05) is 26.7 Å². The third-order valence-corrected chi connectivity index (χ3v) is 3.13. The lowest BCUT2D eigenvalue weighted by Crippen LogP contribution is -2.39. The molecule has 4 nitrogen and oxygen atoms in total. The summed E-state index contributed by atoms with van der Waals surface area (Å²) in [5, 5.41) is 3.53. The first-order chi connectivity index (χ1) is 9.63. The molecule has 0 radical (unpaired) electrons. The summed E-state index contributed by atoms with van der Waals surface area (Å²) in [4.78, 5) is 13.4. The highest BCUT2D eigenvalue weighted by Crippen LogP contribution is 2.16. The lowest BCUT2D eigenvalue weighted by Gasteiger charge is -2.18. The van der Waals surface area contributed by atoms with E-state index in [-0.39, 0.29) is 6.03 Å². The van der Waals surface area contributed by atoms with Crippen LogP contribution in [0.2, 0.25) is 5.02 Å². The maximum absolute atomic E-state index is 11.7. The molecular formula is C15H23ClN2O2. The SMILES string of the molecule is CCCCCNC(=O)N(C)CCOc1cccc(Cl)c1. The number of unbranched alkanes of at least 4 members (excludes halogenated alkanes) is 2. The number of amides is 2. The van der Waals surface area contributed by atoms with Crippen LogP contribution in [0.25, 0.3) is 0 Å². The zero-order valence-corrected chi connectivity index (χ0v) is 12.9. The molecule has 0 unspecified atom stereocenters. The van der Waals surface area contributed by atoms with Gasteiger partial charge in [-0.15, -0.1) is 0 Å². The summed E-state index contributed by atoms with van der Waals surface area (Å²) in [7, 11) is 1.76. The number of halogens is 1. The Hall–Kier alpha value is -1.42. The molecule has 0 saturated carbocycles. The number of hydrogen-bond donors (Lipinski definition) is 1. The zero-order chi connectivity index (χ0) is 14.8. The fraction of sp³-hybridized carbons (Fsp3) is 0.533. The van der Waals surface area contributed by atoms with Crippen molar-refractivity contribution >= 4 is 17.6 Å². The summed E-state index contributed by atoms with van der Waals surface area (Å²) in [5.74, 6) is 0.717. The van der Waals surface area contributed by atoms with E-state index in [2.05, 4.69) is 12.2 Å². The van der Waals surface area contributed by atoms with Crippen LogP contribution in [-0.2, 0) is 0 Å². The monoisotopic (exact) mass is 298 g/mol. The van der Waals surface area contributed by atoms with E-state index in [0.717, 1.165) is 25.8 Å². The number of likely N-dealkylation sites (N-methyl/N-ethyl adjacent to an activating group) is 1. The fourth-order valence-electron chi connectivity index (χ4n) is 1.66. The summed E-state index contributed by atoms with van der Waals surface area (Å²) in [6.45, 7) is 3.85. The third-order valence-electron chi connectivity index (χ3n) is 2.89. The molecule has 0 aliphatic carbocycles. The standard InChI is InChI=1S/C15H23ClN2O2/c1-3-4-5-9-17-15(19)18(2)10-11-20-14-8-6-7-13(16)12-14/h6-8,12H,3-5,9-11H2,1-2H3,(H,17,19). The van der Waals surface area contributed by atoms with Gasteiger partial charge in [0, 0.05) is 18.6 Å². The first kappa shape index (κ1) is 16.6. The minimum Gasteiger partial charge on any atom is -0.492 e. The van der Waals surface area contributed by atoms with Gasteiger partial charge in [0.2, 0.25) is 0 Å². The summed E-state index contributed by atoms with van der Waals surface area (Å²) >= 11 is 5.87. The lowest BCUT2D eigenvalue weighted by atomic mass is 10.2. The maximum Gasteiger partial charge on any atom is 0.317 e. The average molecular weight is 299 g/mol. The molecule has 0 aliphatic heterocycles. The molecule has 1 aromatic rings. The van der Waals surface area contributed by atoms with Gasteiger partial charge in [-0.05, 0) is 24.6 Å². The molecule has 0 heterocycles. The van der Waals surface area contributed by atoms with Crippen molar-refractivity contribution in [2.45, 2.75) is 26.2 Å². The number of urea groups is 1. The zero-order valence-electron chi connectivity index (χ0n) is 12.2. The lowest BCUT2D eigenvalue weighted by molar-refractivity contribution is 0.195. The van der Waals surface area contributed by atoms with Gasteiger partial charge in [0.15, 0.2) is 0 Å². The number of nitrogens with one attached hydrogen (secondary N) is 1. The van der Waals surface area contributed by atoms with Crippen LogP contribution >= 0.6 is 11.6 Å². The molecule has 0 bridgehead atoms. The van der Waals surface area contributed by atoms with E-state index in [4.69, 9.17) is 16.3 Å². The van der Waals surface area contributed by atoms with Crippen LogP contribution in [0.4, 0.5) is 4.79 Å². The molecule has 0 spiro atoms. The highest BCUT2D eigenvalue weighted by Gasteiger charge is 2.07. The van der Waals surface area contributed by atoms with E-state index in [1.165, 1.54) is 0 Å². The maximum atomic E-state index is 11.7. The van der Waals surface area contributed by atoms with Crippen molar-refractivity contribution in [3.05, 3.63) is 29.3 Å². The number of benzene rings is 1. The molecule has 20 heavy (non-hydrogen) atoms. The van der Waals surface area contributed by atoms with Gasteiger partial charge < -0.3 is 15.0 Å². The summed E-state index contributed by atoms with van der Waals surface area (Å²) in [6.07, 6.45) is 3.32. The van der Waals surface area contributed by atoms with Gasteiger partial charge in [0.1, 0.15) is 12.4 Å². The van der Waals surface area contributed by atoms with Gasteiger partial charge in [0.25, 0.3) is 0 Å². The summed E-state index contributed by atoms with van der Waals surface area (Å²) < 4.78 is 5.54. The van der Waals surface area contributed by atoms with Crippen molar-refractivity contribution in [1.29, 1.82) is 0 Å². The van der Waals surface area contributed by atoms with Crippen LogP contribution in [0.5, 0.6) is 5.75 Å². The smallest absolute Gasteiger partial charge is 0.317 e. The predicted molar refractivity (Wildman–Crippen MR) is 82.5 cm³/mol. The van der Waals surface area contributed by atoms with E-state index in [9.17, 15) is 4.79 Å². The van der Waals surface area contributed by atoms with Crippen molar-refractivity contribution in [3.63, 3.8) is 0 Å². The minimum atomic E-state index is -0.0594. The first-order valence-electron chi connectivity index (χ1n) is 7.00. The van der Waals surface area contributed by atoms with Gasteiger partial charge in [-0.2, -0.15) is 0 Å². The molecule has 1 N–H and O–H groups in total. The van der Waals surface area contributed by atoms with E-state index in [1.54, 1.807) is 24.1 Å². The van der Waals surface area contributed by atoms with Gasteiger partial charge >= 0.3 is 6.03 Å². The van der Waals surface area contributed by atoms with Crippen molar-refractivity contribution in [2.24, 2.45) is 0 Å². The Labute approximate surface area is 126 Å². The summed E-state index contributed by atoms with van der Waals surface area (Å²) in [6, 6.07) is 7.17. The number of hydrogen-bond acceptors (Lipinski definition) is 2. The molecular weight excluding hydrogens is 276 g/mol. The van der Waals surface area contributed by atoms with Gasteiger partial charge in [-0.25, -0.2) is 4.79 Å². The fourth-order valence-corrected chi connectivity index (χ4v) is 1.84. The van der Waals surface area contributed by atoms with Crippen molar-refractivity contribution in [1.82, 2.24) is 10.2 Å². The Bertz CT molecular complexity index is 413. The van der Waals surface area contributed by atoms with E-state index in [1.807, 2.05) is 12.1 Å². The average Bonchev–Trinajstić information content (AvgIpc) is 2.43. The number of carbonyl (C=O) groups excluding carboxylic acids is 1. The molecule has 0 aromatic heterocycles. The second kappa shape index (κ2) is 9.48. The minimum absolute atomic E-state index is 0.0594. The molecule has 2 amide bonds. The highest BCUT2D eigenvalue weighted by atomic mass is 35.5. The Kier molecular flexibility index (Phi) is 7.88. The van der Waals surface area contributed by atoms with Gasteiger partial charge in [-0.3, -0.25) is 0 Å². The van der Waals surface area contributed by atoms with Gasteiger partial charge in [0.05, 0.1) is 6.54 Å². The number of ether oxygens (including phenoxy) is 1. The van der Waals surface area contributed by atoms with Crippen LogP contribution in [0, 0.1) is 0 Å². The number of carbonyl (C=O) groups is 1. The van der Waals surface area contributed by atoms with E-state index in [0.29, 0.717) is 23.9 Å². The van der Waals surface area contributed by atoms with Crippen LogP contribution < -0.4 is 10.1 Å². The largest absolute Gasteiger partial charge is 0.492 e. The molecule has 0 atom stereocenters. The Morgan fingerprint density at radius 3 is 2.90 bits per heavy atom. The molecule has 0 fully saturated rings. The van der Waals surface area contributed by atoms with E-state index < -0.39 is 0 Å². The van der Waals surface area contributed by atoms with Crippen LogP contribution in [0.1, 0.15) is 26.2 Å². The predicted octanol–water partition coefficient (Wildman–Crippen LogP) is 3.55. The third kappa shape index (κ3) is 6.66. The second-order valence-corrected chi connectivity index (χ2v) is 5.10. The molecule has 0 saturated heterocycles. The second-order valence-electron chi connectivity index (χ2n) is 4.67. The van der Waals surface area contributed by atoms with Crippen LogP contribution in [-0.4, -0.2) is 37.7 Å². The number of rotatable bonds is 8. The Morgan fingerprint density at radius 2 is 2.20 bits per heavy atom. The molecule has 5 heteroatoms. The molecule has 1 rings (SSSR count). The first-order valence-corrected chi connectivity index (χ1v) is 7.38. The van der Waals surface area contributed by atoms with Crippen molar-refractivity contribution in [3.8, 4) is 5.75 Å². The van der Waals surface area contributed by atoms with Crippen LogP contribution in [0.3, 0.4) is 0 Å². The Balaban J connectivity index is 2.18. The topological polar surface area (TPSA) is 41.6 Å². The quantitative estimate of drug-likeness (QED) is 0.746.